The zero-order chi connectivity index (χ0) is 21.2. The molecule has 0 radical (unpaired) electrons. The number of hydrogen-bond acceptors (Lipinski definition) is 6. The Morgan fingerprint density at radius 3 is 2.31 bits per heavy atom. The molecule has 0 bridgehead atoms. The molecule has 0 N–H and O–H groups in total. The molecule has 1 aromatic heterocycles. The van der Waals surface area contributed by atoms with Crippen LogP contribution in [0.5, 0.6) is 5.75 Å². The van der Waals surface area contributed by atoms with E-state index in [1.54, 1.807) is 0 Å². The zero-order valence-corrected chi connectivity index (χ0v) is 16.3. The van der Waals surface area contributed by atoms with E-state index in [2.05, 4.69) is 14.9 Å². The quantitative estimate of drug-likeness (QED) is 0.565. The highest BCUT2D eigenvalue weighted by Gasteiger charge is 2.31. The zero-order valence-electron chi connectivity index (χ0n) is 14.7. The molecule has 12 heteroatoms. The largest absolute Gasteiger partial charge is 0.573 e. The van der Waals surface area contributed by atoms with Crippen molar-refractivity contribution in [2.45, 2.75) is 17.8 Å². The predicted octanol–water partition coefficient (Wildman–Crippen LogP) is 4.11. The molecule has 2 aromatic carbocycles. The van der Waals surface area contributed by atoms with Crippen molar-refractivity contribution < 1.29 is 30.8 Å². The van der Waals surface area contributed by atoms with Gasteiger partial charge in [0, 0.05) is 17.6 Å². The first-order chi connectivity index (χ1) is 13.5. The van der Waals surface area contributed by atoms with Crippen LogP contribution in [0.3, 0.4) is 0 Å². The smallest absolute Gasteiger partial charge is 0.406 e. The molecule has 0 fully saturated rings. The molecule has 0 spiro atoms. The third kappa shape index (κ3) is 5.25. The first kappa shape index (κ1) is 21.1. The van der Waals surface area contributed by atoms with Crippen LogP contribution in [0.1, 0.15) is 5.89 Å². The summed E-state index contributed by atoms with van der Waals surface area (Å²) in [6.07, 6.45) is -4.79. The Bertz CT molecular complexity index is 1080. The molecule has 1 heterocycles. The van der Waals surface area contributed by atoms with E-state index in [-0.39, 0.29) is 23.2 Å². The predicted molar refractivity (Wildman–Crippen MR) is 96.5 cm³/mol. The van der Waals surface area contributed by atoms with Crippen molar-refractivity contribution in [2.24, 2.45) is 0 Å². The van der Waals surface area contributed by atoms with E-state index in [1.165, 1.54) is 43.4 Å². The number of alkyl halides is 3. The number of benzene rings is 2. The second-order valence-corrected chi connectivity index (χ2v) is 8.28. The minimum atomic E-state index is -4.79. The summed E-state index contributed by atoms with van der Waals surface area (Å²) in [5, 5.41) is 4.12. The van der Waals surface area contributed by atoms with Gasteiger partial charge < -0.3 is 9.26 Å². The molecule has 0 atom stereocenters. The van der Waals surface area contributed by atoms with Crippen molar-refractivity contribution in [3.8, 4) is 17.1 Å². The van der Waals surface area contributed by atoms with E-state index in [1.807, 2.05) is 0 Å². The lowest BCUT2D eigenvalue weighted by atomic mass is 10.2. The van der Waals surface area contributed by atoms with E-state index in [0.717, 1.165) is 16.4 Å². The monoisotopic (exact) mass is 447 g/mol. The van der Waals surface area contributed by atoms with Gasteiger partial charge in [0.25, 0.3) is 0 Å². The average Bonchev–Trinajstić information content (AvgIpc) is 3.10. The first-order valence-electron chi connectivity index (χ1n) is 7.95. The van der Waals surface area contributed by atoms with Crippen LogP contribution in [-0.4, -0.2) is 36.3 Å². The Kier molecular flexibility index (Phi) is 5.82. The summed E-state index contributed by atoms with van der Waals surface area (Å²) in [6, 6.07) is 10.5. The Morgan fingerprint density at radius 1 is 1.10 bits per heavy atom. The van der Waals surface area contributed by atoms with E-state index in [9.17, 15) is 21.6 Å². The van der Waals surface area contributed by atoms with E-state index >= 15 is 0 Å². The fourth-order valence-electron chi connectivity index (χ4n) is 2.30. The van der Waals surface area contributed by atoms with Crippen molar-refractivity contribution >= 4 is 21.6 Å². The highest BCUT2D eigenvalue weighted by atomic mass is 35.5. The third-order valence-corrected chi connectivity index (χ3v) is 5.76. The highest BCUT2D eigenvalue weighted by Crippen LogP contribution is 2.26. The van der Waals surface area contributed by atoms with Gasteiger partial charge in [-0.1, -0.05) is 16.8 Å². The Balaban J connectivity index is 1.72. The summed E-state index contributed by atoms with van der Waals surface area (Å²) in [5.41, 5.74) is 0.373. The van der Waals surface area contributed by atoms with Crippen LogP contribution in [0.15, 0.2) is 57.9 Å². The summed E-state index contributed by atoms with van der Waals surface area (Å²) < 4.78 is 71.6. The number of rotatable bonds is 6. The summed E-state index contributed by atoms with van der Waals surface area (Å²) in [7, 11) is -2.46. The fraction of sp³-hybridized carbons (Fsp3) is 0.176. The lowest BCUT2D eigenvalue weighted by Gasteiger charge is -2.14. The number of hydrogen-bond donors (Lipinski definition) is 0. The molecule has 3 aromatic rings. The fourth-order valence-corrected chi connectivity index (χ4v) is 3.55. The van der Waals surface area contributed by atoms with Crippen molar-refractivity contribution in [1.29, 1.82) is 0 Å². The standard InChI is InChI=1S/C17H13ClF3N3O4S/c1-24(29(25,26)14-8-4-12(18)5-9-14)10-15-22-16(23-28-15)11-2-6-13(7-3-11)27-17(19,20)21/h2-9H,10H2,1H3. The number of halogens is 4. The van der Waals surface area contributed by atoms with Crippen LogP contribution in [0.25, 0.3) is 11.4 Å². The maximum Gasteiger partial charge on any atom is 0.573 e. The topological polar surface area (TPSA) is 85.5 Å². The third-order valence-electron chi connectivity index (χ3n) is 3.69. The van der Waals surface area contributed by atoms with Gasteiger partial charge >= 0.3 is 6.36 Å². The molecule has 0 unspecified atom stereocenters. The van der Waals surface area contributed by atoms with Crippen LogP contribution >= 0.6 is 11.6 Å². The number of sulfonamides is 1. The molecule has 3 rings (SSSR count). The second kappa shape index (κ2) is 8.01. The molecule has 0 aliphatic heterocycles. The van der Waals surface area contributed by atoms with E-state index in [0.29, 0.717) is 10.6 Å². The lowest BCUT2D eigenvalue weighted by molar-refractivity contribution is -0.274. The molecule has 154 valence electrons. The van der Waals surface area contributed by atoms with Crippen LogP contribution in [0.4, 0.5) is 13.2 Å². The van der Waals surface area contributed by atoms with Gasteiger partial charge in [0.15, 0.2) is 0 Å². The number of ether oxygens (including phenoxy) is 1. The molecule has 7 nitrogen and oxygen atoms in total. The highest BCUT2D eigenvalue weighted by molar-refractivity contribution is 7.89. The van der Waals surface area contributed by atoms with Crippen molar-refractivity contribution in [1.82, 2.24) is 14.4 Å². The molecular weight excluding hydrogens is 435 g/mol. The Morgan fingerprint density at radius 2 is 1.72 bits per heavy atom. The van der Waals surface area contributed by atoms with Crippen LogP contribution in [0.2, 0.25) is 5.02 Å². The molecule has 0 amide bonds. The molecular formula is C17H13ClF3N3O4S. The van der Waals surface area contributed by atoms with E-state index < -0.39 is 22.1 Å². The number of aromatic nitrogens is 2. The van der Waals surface area contributed by atoms with E-state index in [4.69, 9.17) is 16.1 Å². The normalized spacial score (nSPS) is 12.3. The molecule has 0 aliphatic carbocycles. The average molecular weight is 448 g/mol. The van der Waals surface area contributed by atoms with Gasteiger partial charge in [-0.25, -0.2) is 8.42 Å². The van der Waals surface area contributed by atoms with Crippen molar-refractivity contribution in [3.05, 3.63) is 59.4 Å². The molecule has 29 heavy (non-hydrogen) atoms. The first-order valence-corrected chi connectivity index (χ1v) is 9.77. The van der Waals surface area contributed by atoms with Gasteiger partial charge in [0.1, 0.15) is 5.75 Å². The van der Waals surface area contributed by atoms with Gasteiger partial charge in [-0.3, -0.25) is 0 Å². The number of nitrogens with zero attached hydrogens (tertiary/aromatic N) is 3. The summed E-state index contributed by atoms with van der Waals surface area (Å²) in [5.74, 6) is -0.287. The maximum atomic E-state index is 12.6. The maximum absolute atomic E-state index is 12.6. The van der Waals surface area contributed by atoms with Crippen LogP contribution in [-0.2, 0) is 16.6 Å². The summed E-state index contributed by atoms with van der Waals surface area (Å²) >= 11 is 5.77. The molecule has 0 aliphatic rings. The summed E-state index contributed by atoms with van der Waals surface area (Å²) in [4.78, 5) is 4.12. The molecule has 0 saturated heterocycles. The summed E-state index contributed by atoms with van der Waals surface area (Å²) in [6.45, 7) is -0.201. The van der Waals surface area contributed by atoms with Crippen molar-refractivity contribution in [3.63, 3.8) is 0 Å². The van der Waals surface area contributed by atoms with Gasteiger partial charge in [-0.2, -0.15) is 9.29 Å². The van der Waals surface area contributed by atoms with Crippen LogP contribution in [0, 0.1) is 0 Å². The van der Waals surface area contributed by atoms with Gasteiger partial charge in [-0.05, 0) is 48.5 Å². The van der Waals surface area contributed by atoms with Gasteiger partial charge in [0.05, 0.1) is 11.4 Å². The lowest BCUT2D eigenvalue weighted by Crippen LogP contribution is -2.26. The molecule has 0 saturated carbocycles. The van der Waals surface area contributed by atoms with Crippen molar-refractivity contribution in [2.75, 3.05) is 7.05 Å². The second-order valence-electron chi connectivity index (χ2n) is 5.80. The Hall–Kier alpha value is -2.63. The SMILES string of the molecule is CN(Cc1nc(-c2ccc(OC(F)(F)F)cc2)no1)S(=O)(=O)c1ccc(Cl)cc1. The minimum Gasteiger partial charge on any atom is -0.406 e. The Labute approximate surface area is 168 Å². The van der Waals surface area contributed by atoms with Gasteiger partial charge in [-0.15, -0.1) is 13.2 Å². The van der Waals surface area contributed by atoms with Crippen LogP contribution < -0.4 is 4.74 Å². The van der Waals surface area contributed by atoms with Gasteiger partial charge in [0.2, 0.25) is 21.7 Å². The minimum absolute atomic E-state index is 0.00987.